The first-order chi connectivity index (χ1) is 11.6. The summed E-state index contributed by atoms with van der Waals surface area (Å²) in [5.41, 5.74) is 0.908. The van der Waals surface area contributed by atoms with Crippen LogP contribution < -0.4 is 19.5 Å². The van der Waals surface area contributed by atoms with E-state index in [1.54, 1.807) is 21.3 Å². The number of methoxy groups -OCH3 is 3. The molecular formula is C17H28IN3O4. The van der Waals surface area contributed by atoms with Crippen LogP contribution in [-0.4, -0.2) is 63.0 Å². The van der Waals surface area contributed by atoms with E-state index in [1.807, 2.05) is 19.1 Å². The van der Waals surface area contributed by atoms with E-state index in [9.17, 15) is 5.11 Å². The second-order valence-electron chi connectivity index (χ2n) is 5.55. The number of rotatable bonds is 6. The van der Waals surface area contributed by atoms with Crippen LogP contribution in [-0.2, 0) is 6.54 Å². The number of likely N-dealkylation sites (tertiary alicyclic amines) is 1. The Morgan fingerprint density at radius 2 is 1.96 bits per heavy atom. The smallest absolute Gasteiger partial charge is 0.203 e. The normalized spacial score (nSPS) is 17.1. The first kappa shape index (κ1) is 21.6. The summed E-state index contributed by atoms with van der Waals surface area (Å²) in [4.78, 5) is 6.75. The highest BCUT2D eigenvalue weighted by Crippen LogP contribution is 2.39. The number of benzene rings is 1. The molecule has 0 unspecified atom stereocenters. The van der Waals surface area contributed by atoms with Gasteiger partial charge in [0.15, 0.2) is 17.5 Å². The number of aliphatic imine (C=N–C) groups is 1. The zero-order valence-corrected chi connectivity index (χ0v) is 17.6. The lowest BCUT2D eigenvalue weighted by Crippen LogP contribution is -2.40. The Morgan fingerprint density at radius 3 is 2.48 bits per heavy atom. The second kappa shape index (κ2) is 10.5. The van der Waals surface area contributed by atoms with Gasteiger partial charge in [-0.05, 0) is 25.5 Å². The van der Waals surface area contributed by atoms with Gasteiger partial charge in [0.05, 0.1) is 34.0 Å². The van der Waals surface area contributed by atoms with Crippen LogP contribution in [0, 0.1) is 0 Å². The van der Waals surface area contributed by atoms with Gasteiger partial charge < -0.3 is 29.5 Å². The van der Waals surface area contributed by atoms with Crippen LogP contribution in [0.5, 0.6) is 17.2 Å². The summed E-state index contributed by atoms with van der Waals surface area (Å²) < 4.78 is 16.2. The molecule has 1 fully saturated rings. The van der Waals surface area contributed by atoms with E-state index in [1.165, 1.54) is 0 Å². The number of hydrogen-bond acceptors (Lipinski definition) is 5. The fourth-order valence-electron chi connectivity index (χ4n) is 2.81. The standard InChI is InChI=1S/C17H27N3O4.HI/c1-5-18-17(20-9-8-13(21)11-20)19-10-12-6-7-14(22-2)16(24-4)15(12)23-3;/h6-7,13,21H,5,8-11H2,1-4H3,(H,18,19);1H/t13-;/m1./s1. The van der Waals surface area contributed by atoms with Crippen molar-refractivity contribution in [3.63, 3.8) is 0 Å². The maximum absolute atomic E-state index is 9.74. The van der Waals surface area contributed by atoms with Crippen molar-refractivity contribution in [2.45, 2.75) is 26.0 Å². The second-order valence-corrected chi connectivity index (χ2v) is 5.55. The number of β-amino-alcohol motifs (C(OH)–C–C–N with tert-alkyl or cyclic N) is 1. The molecule has 2 rings (SSSR count). The summed E-state index contributed by atoms with van der Waals surface area (Å²) in [6.07, 6.45) is 0.480. The number of halogens is 1. The van der Waals surface area contributed by atoms with Gasteiger partial charge in [-0.15, -0.1) is 24.0 Å². The van der Waals surface area contributed by atoms with E-state index in [2.05, 4.69) is 15.2 Å². The Labute approximate surface area is 166 Å². The van der Waals surface area contributed by atoms with Crippen LogP contribution in [0.2, 0.25) is 0 Å². The fourth-order valence-corrected chi connectivity index (χ4v) is 2.81. The third kappa shape index (κ3) is 5.27. The SMILES string of the molecule is CCNC(=NCc1ccc(OC)c(OC)c1OC)N1CC[C@@H](O)C1.I. The zero-order chi connectivity index (χ0) is 17.5. The van der Waals surface area contributed by atoms with E-state index < -0.39 is 0 Å². The summed E-state index contributed by atoms with van der Waals surface area (Å²) in [7, 11) is 4.78. The molecule has 0 aromatic heterocycles. The van der Waals surface area contributed by atoms with Crippen molar-refractivity contribution in [1.29, 1.82) is 0 Å². The molecule has 1 saturated heterocycles. The van der Waals surface area contributed by atoms with Crippen molar-refractivity contribution < 1.29 is 19.3 Å². The molecule has 1 aliphatic heterocycles. The molecule has 0 saturated carbocycles. The van der Waals surface area contributed by atoms with Crippen molar-refractivity contribution >= 4 is 29.9 Å². The Hall–Kier alpha value is -1.42. The van der Waals surface area contributed by atoms with E-state index in [-0.39, 0.29) is 30.1 Å². The largest absolute Gasteiger partial charge is 0.493 e. The first-order valence-electron chi connectivity index (χ1n) is 8.13. The van der Waals surface area contributed by atoms with Gasteiger partial charge in [0.2, 0.25) is 5.75 Å². The predicted molar refractivity (Wildman–Crippen MR) is 109 cm³/mol. The van der Waals surface area contributed by atoms with Crippen molar-refractivity contribution in [2.24, 2.45) is 4.99 Å². The molecule has 8 heteroatoms. The fraction of sp³-hybridized carbons (Fsp3) is 0.588. The number of aliphatic hydroxyl groups excluding tert-OH is 1. The molecule has 0 amide bonds. The average Bonchev–Trinajstić information content (AvgIpc) is 3.03. The molecule has 1 aromatic carbocycles. The zero-order valence-electron chi connectivity index (χ0n) is 15.2. The highest BCUT2D eigenvalue weighted by atomic mass is 127. The van der Waals surface area contributed by atoms with Gasteiger partial charge in [-0.1, -0.05) is 0 Å². The van der Waals surface area contributed by atoms with E-state index in [0.29, 0.717) is 30.3 Å². The van der Waals surface area contributed by atoms with Gasteiger partial charge in [0.1, 0.15) is 0 Å². The van der Waals surface area contributed by atoms with Gasteiger partial charge in [-0.2, -0.15) is 0 Å². The first-order valence-corrected chi connectivity index (χ1v) is 8.13. The van der Waals surface area contributed by atoms with Gasteiger partial charge in [-0.3, -0.25) is 0 Å². The topological polar surface area (TPSA) is 75.6 Å². The minimum absolute atomic E-state index is 0. The van der Waals surface area contributed by atoms with Crippen molar-refractivity contribution in [3.05, 3.63) is 17.7 Å². The maximum Gasteiger partial charge on any atom is 0.203 e. The van der Waals surface area contributed by atoms with Crippen LogP contribution in [0.4, 0.5) is 0 Å². The summed E-state index contributed by atoms with van der Waals surface area (Å²) in [6, 6.07) is 3.77. The minimum atomic E-state index is -0.288. The summed E-state index contributed by atoms with van der Waals surface area (Å²) >= 11 is 0. The summed E-state index contributed by atoms with van der Waals surface area (Å²) in [5, 5.41) is 13.0. The van der Waals surface area contributed by atoms with Crippen molar-refractivity contribution in [3.8, 4) is 17.2 Å². The molecule has 1 aromatic rings. The lowest BCUT2D eigenvalue weighted by molar-refractivity contribution is 0.188. The van der Waals surface area contributed by atoms with Gasteiger partial charge in [-0.25, -0.2) is 4.99 Å². The average molecular weight is 465 g/mol. The van der Waals surface area contributed by atoms with Crippen LogP contribution in [0.1, 0.15) is 18.9 Å². The van der Waals surface area contributed by atoms with Crippen LogP contribution >= 0.6 is 24.0 Å². The van der Waals surface area contributed by atoms with Crippen molar-refractivity contribution in [2.75, 3.05) is 41.0 Å². The third-order valence-corrected chi connectivity index (χ3v) is 3.98. The molecule has 0 radical (unpaired) electrons. The van der Waals surface area contributed by atoms with Crippen LogP contribution in [0.3, 0.4) is 0 Å². The van der Waals surface area contributed by atoms with E-state index in [0.717, 1.165) is 31.0 Å². The lowest BCUT2D eigenvalue weighted by atomic mass is 10.1. The number of nitrogens with zero attached hydrogens (tertiary/aromatic N) is 2. The highest BCUT2D eigenvalue weighted by Gasteiger charge is 2.23. The van der Waals surface area contributed by atoms with Gasteiger partial charge in [0, 0.05) is 25.2 Å². The number of hydrogen-bond donors (Lipinski definition) is 2. The Balaban J connectivity index is 0.00000312. The molecular weight excluding hydrogens is 437 g/mol. The molecule has 0 bridgehead atoms. The lowest BCUT2D eigenvalue weighted by Gasteiger charge is -2.21. The molecule has 1 aliphatic rings. The Bertz CT molecular complexity index is 583. The number of aliphatic hydroxyl groups is 1. The Morgan fingerprint density at radius 1 is 1.24 bits per heavy atom. The molecule has 25 heavy (non-hydrogen) atoms. The van der Waals surface area contributed by atoms with Crippen LogP contribution in [0.15, 0.2) is 17.1 Å². The molecule has 2 N–H and O–H groups in total. The molecule has 0 aliphatic carbocycles. The summed E-state index contributed by atoms with van der Waals surface area (Å²) in [5.74, 6) is 2.61. The number of nitrogens with one attached hydrogen (secondary N) is 1. The van der Waals surface area contributed by atoms with E-state index in [4.69, 9.17) is 14.2 Å². The number of ether oxygens (including phenoxy) is 3. The third-order valence-electron chi connectivity index (χ3n) is 3.98. The number of guanidine groups is 1. The highest BCUT2D eigenvalue weighted by molar-refractivity contribution is 14.0. The van der Waals surface area contributed by atoms with Crippen LogP contribution in [0.25, 0.3) is 0 Å². The molecule has 1 heterocycles. The minimum Gasteiger partial charge on any atom is -0.493 e. The predicted octanol–water partition coefficient (Wildman–Crippen LogP) is 1.86. The molecule has 7 nitrogen and oxygen atoms in total. The van der Waals surface area contributed by atoms with Gasteiger partial charge in [0.25, 0.3) is 0 Å². The van der Waals surface area contributed by atoms with Crippen molar-refractivity contribution in [1.82, 2.24) is 10.2 Å². The quantitative estimate of drug-likeness (QED) is 0.380. The Kier molecular flexibility index (Phi) is 9.12. The molecule has 142 valence electrons. The summed E-state index contributed by atoms with van der Waals surface area (Å²) in [6.45, 7) is 4.65. The molecule has 1 atom stereocenters. The molecule has 0 spiro atoms. The monoisotopic (exact) mass is 465 g/mol. The van der Waals surface area contributed by atoms with Gasteiger partial charge >= 0.3 is 0 Å². The van der Waals surface area contributed by atoms with E-state index >= 15 is 0 Å². The maximum atomic E-state index is 9.74.